The van der Waals surface area contributed by atoms with E-state index in [9.17, 15) is 4.79 Å². The zero-order valence-corrected chi connectivity index (χ0v) is 9.44. The molecule has 0 aliphatic heterocycles. The first-order valence-electron chi connectivity index (χ1n) is 4.86. The van der Waals surface area contributed by atoms with Crippen molar-refractivity contribution in [1.29, 1.82) is 0 Å². The third kappa shape index (κ3) is 1.32. The molecule has 0 radical (unpaired) electrons. The highest BCUT2D eigenvalue weighted by Gasteiger charge is 2.16. The average Bonchev–Trinajstić information content (AvgIpc) is 2.55. The predicted molar refractivity (Wildman–Crippen MR) is 61.2 cm³/mol. The molecule has 5 nitrogen and oxygen atoms in total. The van der Waals surface area contributed by atoms with Gasteiger partial charge in [-0.15, -0.1) is 0 Å². The van der Waals surface area contributed by atoms with Crippen LogP contribution in [0.3, 0.4) is 0 Å². The first-order chi connectivity index (χ1) is 7.56. The molecule has 0 saturated heterocycles. The molecule has 0 atom stereocenters. The highest BCUT2D eigenvalue weighted by Crippen LogP contribution is 2.27. The summed E-state index contributed by atoms with van der Waals surface area (Å²) < 4.78 is 6.40. The van der Waals surface area contributed by atoms with Crippen LogP contribution < -0.4 is 5.73 Å². The normalized spacial score (nSPS) is 10.7. The highest BCUT2D eigenvalue weighted by molar-refractivity contribution is 6.05. The first kappa shape index (κ1) is 10.5. The monoisotopic (exact) mass is 219 g/mol. The minimum atomic E-state index is -0.428. The lowest BCUT2D eigenvalue weighted by molar-refractivity contribution is 0.0602. The number of fused-ring (bicyclic) bond motifs is 1. The fraction of sp³-hybridized carbons (Fsp3) is 0.273. The van der Waals surface area contributed by atoms with Crippen LogP contribution in [-0.2, 0) is 11.8 Å². The summed E-state index contributed by atoms with van der Waals surface area (Å²) in [5.41, 5.74) is 8.47. The molecule has 2 aromatic rings. The Bertz CT molecular complexity index is 572. The molecular weight excluding hydrogens is 206 g/mol. The van der Waals surface area contributed by atoms with Gasteiger partial charge in [-0.25, -0.2) is 4.79 Å². The number of nitrogen functional groups attached to an aromatic ring is 1. The number of methoxy groups -OCH3 is 1. The summed E-state index contributed by atoms with van der Waals surface area (Å²) in [6.45, 7) is 1.91. The van der Waals surface area contributed by atoms with Gasteiger partial charge in [-0.05, 0) is 19.1 Å². The van der Waals surface area contributed by atoms with Crippen molar-refractivity contribution < 1.29 is 9.53 Å². The van der Waals surface area contributed by atoms with Crippen molar-refractivity contribution >= 4 is 22.6 Å². The number of aromatic nitrogens is 2. The lowest BCUT2D eigenvalue weighted by atomic mass is 10.1. The second kappa shape index (κ2) is 3.52. The molecule has 1 aromatic carbocycles. The minimum Gasteiger partial charge on any atom is -0.465 e. The summed E-state index contributed by atoms with van der Waals surface area (Å²) >= 11 is 0. The molecule has 0 amide bonds. The number of hydrogen-bond donors (Lipinski definition) is 1. The van der Waals surface area contributed by atoms with E-state index in [-0.39, 0.29) is 0 Å². The lowest BCUT2D eigenvalue weighted by Gasteiger charge is -2.04. The number of rotatable bonds is 1. The van der Waals surface area contributed by atoms with E-state index in [1.807, 2.05) is 14.0 Å². The van der Waals surface area contributed by atoms with Gasteiger partial charge in [-0.2, -0.15) is 5.10 Å². The van der Waals surface area contributed by atoms with Crippen molar-refractivity contribution in [2.75, 3.05) is 12.8 Å². The maximum Gasteiger partial charge on any atom is 0.339 e. The van der Waals surface area contributed by atoms with Crippen LogP contribution in [0.5, 0.6) is 0 Å². The third-order valence-corrected chi connectivity index (χ3v) is 2.73. The fourth-order valence-electron chi connectivity index (χ4n) is 1.76. The number of esters is 1. The number of nitrogens with two attached hydrogens (primary N) is 1. The Kier molecular flexibility index (Phi) is 2.30. The van der Waals surface area contributed by atoms with E-state index in [1.165, 1.54) is 7.11 Å². The Hall–Kier alpha value is -2.04. The maximum absolute atomic E-state index is 11.5. The number of ether oxygens (including phenoxy) is 1. The van der Waals surface area contributed by atoms with Crippen molar-refractivity contribution in [1.82, 2.24) is 9.78 Å². The molecule has 2 rings (SSSR count). The molecule has 5 heteroatoms. The first-order valence-corrected chi connectivity index (χ1v) is 4.86. The summed E-state index contributed by atoms with van der Waals surface area (Å²) in [6.07, 6.45) is 0. The van der Waals surface area contributed by atoms with Crippen molar-refractivity contribution in [3.05, 3.63) is 23.4 Å². The third-order valence-electron chi connectivity index (χ3n) is 2.73. The molecule has 1 aromatic heterocycles. The molecule has 0 saturated carbocycles. The van der Waals surface area contributed by atoms with Crippen LogP contribution in [0.2, 0.25) is 0 Å². The van der Waals surface area contributed by atoms with E-state index in [0.29, 0.717) is 11.3 Å². The molecule has 0 fully saturated rings. The quantitative estimate of drug-likeness (QED) is 0.579. The van der Waals surface area contributed by atoms with Crippen molar-refractivity contribution in [2.24, 2.45) is 7.05 Å². The maximum atomic E-state index is 11.5. The zero-order valence-electron chi connectivity index (χ0n) is 9.44. The van der Waals surface area contributed by atoms with Gasteiger partial charge in [0.25, 0.3) is 0 Å². The van der Waals surface area contributed by atoms with Crippen LogP contribution in [0.15, 0.2) is 12.1 Å². The number of hydrogen-bond acceptors (Lipinski definition) is 4. The van der Waals surface area contributed by atoms with E-state index < -0.39 is 5.97 Å². The van der Waals surface area contributed by atoms with Gasteiger partial charge in [0.15, 0.2) is 0 Å². The standard InChI is InChI=1S/C11H13N3O2/c1-6-9-8(13-14(6)2)5-4-7(10(9)12)11(15)16-3/h4-5H,12H2,1-3H3. The number of aryl methyl sites for hydroxylation is 2. The summed E-state index contributed by atoms with van der Waals surface area (Å²) in [7, 11) is 3.18. The van der Waals surface area contributed by atoms with Gasteiger partial charge in [0.1, 0.15) is 0 Å². The second-order valence-electron chi connectivity index (χ2n) is 3.62. The Labute approximate surface area is 92.8 Å². The van der Waals surface area contributed by atoms with E-state index >= 15 is 0 Å². The van der Waals surface area contributed by atoms with Gasteiger partial charge in [0.05, 0.1) is 23.9 Å². The molecular formula is C11H13N3O2. The average molecular weight is 219 g/mol. The van der Waals surface area contributed by atoms with Crippen LogP contribution in [0.4, 0.5) is 5.69 Å². The molecule has 0 unspecified atom stereocenters. The Balaban J connectivity index is 2.78. The van der Waals surface area contributed by atoms with Crippen LogP contribution in [-0.4, -0.2) is 22.9 Å². The lowest BCUT2D eigenvalue weighted by Crippen LogP contribution is -2.05. The zero-order chi connectivity index (χ0) is 11.9. The fourth-order valence-corrected chi connectivity index (χ4v) is 1.76. The molecule has 0 spiro atoms. The number of carbonyl (C=O) groups excluding carboxylic acids is 1. The summed E-state index contributed by atoms with van der Waals surface area (Å²) in [5, 5.41) is 5.09. The smallest absolute Gasteiger partial charge is 0.339 e. The van der Waals surface area contributed by atoms with Crippen LogP contribution >= 0.6 is 0 Å². The number of nitrogens with zero attached hydrogens (tertiary/aromatic N) is 2. The largest absolute Gasteiger partial charge is 0.465 e. The van der Waals surface area contributed by atoms with Crippen LogP contribution in [0.25, 0.3) is 10.9 Å². The topological polar surface area (TPSA) is 70.1 Å². The molecule has 0 aliphatic rings. The Morgan fingerprint density at radius 2 is 2.19 bits per heavy atom. The molecule has 16 heavy (non-hydrogen) atoms. The van der Waals surface area contributed by atoms with Crippen LogP contribution in [0.1, 0.15) is 16.1 Å². The van der Waals surface area contributed by atoms with Gasteiger partial charge in [0.2, 0.25) is 0 Å². The van der Waals surface area contributed by atoms with E-state index in [0.717, 1.165) is 16.6 Å². The van der Waals surface area contributed by atoms with Gasteiger partial charge >= 0.3 is 5.97 Å². The number of anilines is 1. The summed E-state index contributed by atoms with van der Waals surface area (Å²) in [4.78, 5) is 11.5. The Morgan fingerprint density at radius 3 is 2.81 bits per heavy atom. The molecule has 2 N–H and O–H groups in total. The SMILES string of the molecule is COC(=O)c1ccc2nn(C)c(C)c2c1N. The molecule has 0 bridgehead atoms. The van der Waals surface area contributed by atoms with Gasteiger partial charge < -0.3 is 10.5 Å². The number of carbonyl (C=O) groups is 1. The van der Waals surface area contributed by atoms with Crippen molar-refractivity contribution in [3.63, 3.8) is 0 Å². The second-order valence-corrected chi connectivity index (χ2v) is 3.62. The predicted octanol–water partition coefficient (Wildman–Crippen LogP) is 1.25. The molecule has 84 valence electrons. The molecule has 1 heterocycles. The van der Waals surface area contributed by atoms with Gasteiger partial charge in [-0.1, -0.05) is 0 Å². The van der Waals surface area contributed by atoms with Gasteiger partial charge in [0, 0.05) is 18.1 Å². The van der Waals surface area contributed by atoms with E-state index in [4.69, 9.17) is 5.73 Å². The number of benzene rings is 1. The van der Waals surface area contributed by atoms with E-state index in [1.54, 1.807) is 16.8 Å². The Morgan fingerprint density at radius 1 is 1.50 bits per heavy atom. The minimum absolute atomic E-state index is 0.381. The van der Waals surface area contributed by atoms with Crippen molar-refractivity contribution in [2.45, 2.75) is 6.92 Å². The van der Waals surface area contributed by atoms with Crippen LogP contribution in [0, 0.1) is 6.92 Å². The highest BCUT2D eigenvalue weighted by atomic mass is 16.5. The van der Waals surface area contributed by atoms with E-state index in [2.05, 4.69) is 9.84 Å². The summed E-state index contributed by atoms with van der Waals surface area (Å²) in [5.74, 6) is -0.428. The van der Waals surface area contributed by atoms with Crippen molar-refractivity contribution in [3.8, 4) is 0 Å². The summed E-state index contributed by atoms with van der Waals surface area (Å²) in [6, 6.07) is 3.40. The van der Waals surface area contributed by atoms with Gasteiger partial charge in [-0.3, -0.25) is 4.68 Å². The molecule has 0 aliphatic carbocycles.